The minimum atomic E-state index is -0.181. The molecule has 0 saturated heterocycles. The van der Waals surface area contributed by atoms with Crippen LogP contribution in [-0.4, -0.2) is 27.9 Å². The van der Waals surface area contributed by atoms with Crippen molar-refractivity contribution >= 4 is 44.1 Å². The van der Waals surface area contributed by atoms with Crippen molar-refractivity contribution in [3.8, 4) is 0 Å². The van der Waals surface area contributed by atoms with Gasteiger partial charge in [-0.3, -0.25) is 5.32 Å². The average molecular weight is 318 g/mol. The van der Waals surface area contributed by atoms with Crippen molar-refractivity contribution in [3.63, 3.8) is 0 Å². The van der Waals surface area contributed by atoms with Gasteiger partial charge in [-0.05, 0) is 19.1 Å². The second kappa shape index (κ2) is 5.79. The molecular weight excluding hydrogens is 304 g/mol. The first-order valence-electron chi connectivity index (χ1n) is 6.40. The molecular formula is C14H14N4OS2. The monoisotopic (exact) mass is 318 g/mol. The first-order valence-corrected chi connectivity index (χ1v) is 8.10. The Bertz CT molecular complexity index is 747. The first-order chi connectivity index (χ1) is 10.1. The Morgan fingerprint density at radius 3 is 2.86 bits per heavy atom. The molecule has 1 N–H and O–H groups in total. The third-order valence-corrected chi connectivity index (χ3v) is 4.69. The summed E-state index contributed by atoms with van der Waals surface area (Å²) in [6, 6.07) is 7.64. The highest BCUT2D eigenvalue weighted by Gasteiger charge is 2.13. The number of nitrogens with one attached hydrogen (secondary N) is 1. The molecule has 7 heteroatoms. The number of hydrogen-bond donors (Lipinski definition) is 1. The Labute approximate surface area is 130 Å². The summed E-state index contributed by atoms with van der Waals surface area (Å²) in [6.45, 7) is 2.44. The molecule has 0 atom stereocenters. The lowest BCUT2D eigenvalue weighted by molar-refractivity contribution is 0.220. The Kier molecular flexibility index (Phi) is 3.85. The number of anilines is 1. The molecule has 0 spiro atoms. The number of fused-ring (bicyclic) bond motifs is 1. The van der Waals surface area contributed by atoms with Gasteiger partial charge in [0.15, 0.2) is 5.13 Å². The average Bonchev–Trinajstić information content (AvgIpc) is 3.04. The Hall–Kier alpha value is -1.99. The summed E-state index contributed by atoms with van der Waals surface area (Å²) < 4.78 is 1.06. The van der Waals surface area contributed by atoms with Crippen molar-refractivity contribution in [3.05, 3.63) is 40.3 Å². The second-order valence-electron chi connectivity index (χ2n) is 4.63. The normalized spacial score (nSPS) is 10.8. The molecule has 0 bridgehead atoms. The predicted octanol–water partition coefficient (Wildman–Crippen LogP) is 3.73. The molecule has 108 valence electrons. The van der Waals surface area contributed by atoms with Crippen LogP contribution >= 0.6 is 22.7 Å². The Morgan fingerprint density at radius 2 is 2.14 bits per heavy atom. The number of carbonyl (C=O) groups excluding carboxylic acids is 1. The zero-order valence-corrected chi connectivity index (χ0v) is 13.3. The number of amides is 2. The van der Waals surface area contributed by atoms with E-state index in [9.17, 15) is 4.79 Å². The summed E-state index contributed by atoms with van der Waals surface area (Å²) in [4.78, 5) is 22.5. The minimum Gasteiger partial charge on any atom is -0.322 e. The fourth-order valence-electron chi connectivity index (χ4n) is 1.91. The van der Waals surface area contributed by atoms with Gasteiger partial charge in [0.05, 0.1) is 27.5 Å². The number of urea groups is 1. The van der Waals surface area contributed by atoms with E-state index in [0.29, 0.717) is 11.7 Å². The van der Waals surface area contributed by atoms with Crippen LogP contribution in [0.15, 0.2) is 29.6 Å². The molecule has 0 aliphatic rings. The third-order valence-electron chi connectivity index (χ3n) is 2.92. The minimum absolute atomic E-state index is 0.181. The fourth-order valence-corrected chi connectivity index (χ4v) is 3.37. The van der Waals surface area contributed by atoms with Crippen LogP contribution in [0.1, 0.15) is 10.7 Å². The summed E-state index contributed by atoms with van der Waals surface area (Å²) >= 11 is 3.06. The smallest absolute Gasteiger partial charge is 0.322 e. The molecule has 21 heavy (non-hydrogen) atoms. The van der Waals surface area contributed by atoms with E-state index in [1.807, 2.05) is 36.6 Å². The van der Waals surface area contributed by atoms with Gasteiger partial charge in [-0.1, -0.05) is 23.5 Å². The van der Waals surface area contributed by atoms with Crippen LogP contribution in [-0.2, 0) is 6.54 Å². The van der Waals surface area contributed by atoms with Crippen LogP contribution in [0, 0.1) is 6.92 Å². The number of para-hydroxylation sites is 1. The van der Waals surface area contributed by atoms with E-state index < -0.39 is 0 Å². The molecule has 0 unspecified atom stereocenters. The maximum Gasteiger partial charge on any atom is 0.323 e. The van der Waals surface area contributed by atoms with Gasteiger partial charge in [-0.25, -0.2) is 14.8 Å². The molecule has 0 aliphatic carbocycles. The second-order valence-corrected chi connectivity index (χ2v) is 6.72. The molecule has 0 radical (unpaired) electrons. The van der Waals surface area contributed by atoms with Crippen molar-refractivity contribution in [1.29, 1.82) is 0 Å². The molecule has 2 heterocycles. The van der Waals surface area contributed by atoms with E-state index in [-0.39, 0.29) is 6.03 Å². The standard InChI is InChI=1S/C14H14N4OS2/c1-9-15-10(8-20-9)7-18(2)14(19)17-13-16-11-5-3-4-6-12(11)21-13/h3-6,8H,7H2,1-2H3,(H,16,17,19). The summed E-state index contributed by atoms with van der Waals surface area (Å²) in [7, 11) is 1.75. The third kappa shape index (κ3) is 3.20. The lowest BCUT2D eigenvalue weighted by Crippen LogP contribution is -2.30. The molecule has 5 nitrogen and oxygen atoms in total. The van der Waals surface area contributed by atoms with Gasteiger partial charge in [0.2, 0.25) is 0 Å². The SMILES string of the molecule is Cc1nc(CN(C)C(=O)Nc2nc3ccccc3s2)cs1. The van der Waals surface area contributed by atoms with Gasteiger partial charge >= 0.3 is 6.03 Å². The Balaban J connectivity index is 1.67. The number of carbonyl (C=O) groups is 1. The molecule has 2 aromatic heterocycles. The van der Waals surface area contributed by atoms with Crippen molar-refractivity contribution in [2.75, 3.05) is 12.4 Å². The van der Waals surface area contributed by atoms with Gasteiger partial charge < -0.3 is 4.90 Å². The molecule has 0 saturated carbocycles. The highest BCUT2D eigenvalue weighted by Crippen LogP contribution is 2.25. The van der Waals surface area contributed by atoms with E-state index in [1.54, 1.807) is 23.3 Å². The molecule has 2 amide bonds. The van der Waals surface area contributed by atoms with Gasteiger partial charge in [0.25, 0.3) is 0 Å². The topological polar surface area (TPSA) is 58.1 Å². The van der Waals surface area contributed by atoms with Crippen LogP contribution in [0.2, 0.25) is 0 Å². The highest BCUT2D eigenvalue weighted by atomic mass is 32.1. The highest BCUT2D eigenvalue weighted by molar-refractivity contribution is 7.22. The largest absolute Gasteiger partial charge is 0.323 e. The van der Waals surface area contributed by atoms with E-state index in [2.05, 4.69) is 15.3 Å². The molecule has 1 aromatic carbocycles. The number of nitrogens with zero attached hydrogens (tertiary/aromatic N) is 3. The number of thiazole rings is 2. The summed E-state index contributed by atoms with van der Waals surface area (Å²) in [5, 5.41) is 6.42. The van der Waals surface area contributed by atoms with Gasteiger partial charge in [-0.15, -0.1) is 11.3 Å². The quantitative estimate of drug-likeness (QED) is 0.800. The maximum atomic E-state index is 12.2. The van der Waals surface area contributed by atoms with Crippen molar-refractivity contribution < 1.29 is 4.79 Å². The predicted molar refractivity (Wildman–Crippen MR) is 87.0 cm³/mol. The van der Waals surface area contributed by atoms with Crippen LogP contribution in [0.4, 0.5) is 9.93 Å². The summed E-state index contributed by atoms with van der Waals surface area (Å²) in [6.07, 6.45) is 0. The summed E-state index contributed by atoms with van der Waals surface area (Å²) in [5.74, 6) is 0. The van der Waals surface area contributed by atoms with Gasteiger partial charge in [0, 0.05) is 12.4 Å². The maximum absolute atomic E-state index is 12.2. The molecule has 3 aromatic rings. The summed E-state index contributed by atoms with van der Waals surface area (Å²) in [5.41, 5.74) is 1.80. The zero-order chi connectivity index (χ0) is 14.8. The van der Waals surface area contributed by atoms with E-state index in [4.69, 9.17) is 0 Å². The van der Waals surface area contributed by atoms with Crippen molar-refractivity contribution in [2.45, 2.75) is 13.5 Å². The van der Waals surface area contributed by atoms with Crippen LogP contribution in [0.25, 0.3) is 10.2 Å². The first kappa shape index (κ1) is 14.0. The molecule has 0 aliphatic heterocycles. The van der Waals surface area contributed by atoms with E-state index in [0.717, 1.165) is 20.9 Å². The number of benzene rings is 1. The number of aromatic nitrogens is 2. The van der Waals surface area contributed by atoms with Crippen LogP contribution < -0.4 is 5.32 Å². The van der Waals surface area contributed by atoms with Gasteiger partial charge in [-0.2, -0.15) is 0 Å². The van der Waals surface area contributed by atoms with Crippen molar-refractivity contribution in [1.82, 2.24) is 14.9 Å². The van der Waals surface area contributed by atoms with Gasteiger partial charge in [0.1, 0.15) is 0 Å². The Morgan fingerprint density at radius 1 is 1.33 bits per heavy atom. The zero-order valence-electron chi connectivity index (χ0n) is 11.7. The van der Waals surface area contributed by atoms with Crippen molar-refractivity contribution in [2.24, 2.45) is 0 Å². The number of hydrogen-bond acceptors (Lipinski definition) is 5. The van der Waals surface area contributed by atoms with Crippen LogP contribution in [0.5, 0.6) is 0 Å². The number of rotatable bonds is 3. The van der Waals surface area contributed by atoms with Crippen LogP contribution in [0.3, 0.4) is 0 Å². The number of aryl methyl sites for hydroxylation is 1. The van der Waals surface area contributed by atoms with E-state index in [1.165, 1.54) is 11.3 Å². The molecule has 0 fully saturated rings. The lowest BCUT2D eigenvalue weighted by Gasteiger charge is -2.15. The lowest BCUT2D eigenvalue weighted by atomic mass is 10.3. The van der Waals surface area contributed by atoms with E-state index >= 15 is 0 Å². The molecule has 3 rings (SSSR count). The fraction of sp³-hybridized carbons (Fsp3) is 0.214.